The van der Waals surface area contributed by atoms with Crippen LogP contribution in [0.15, 0.2) is 29.1 Å². The third kappa shape index (κ3) is 2.73. The summed E-state index contributed by atoms with van der Waals surface area (Å²) in [6.07, 6.45) is 4.87. The number of nitrogens with zero attached hydrogens (tertiary/aromatic N) is 3. The zero-order valence-corrected chi connectivity index (χ0v) is 13.5. The molecule has 2 aromatic rings. The first-order chi connectivity index (χ1) is 10.6. The molecule has 118 valence electrons. The SMILES string of the molecule is CN(C)C1CCCC[C@H]1Nc1nn(C)c(=O)c2ccccc12. The van der Waals surface area contributed by atoms with Gasteiger partial charge in [-0.15, -0.1) is 0 Å². The lowest BCUT2D eigenvalue weighted by molar-refractivity contribution is 0.211. The smallest absolute Gasteiger partial charge is 0.274 e. The molecule has 0 aliphatic heterocycles. The molecule has 1 heterocycles. The molecule has 3 rings (SSSR count). The molecule has 0 saturated heterocycles. The van der Waals surface area contributed by atoms with Crippen LogP contribution in [-0.2, 0) is 7.05 Å². The lowest BCUT2D eigenvalue weighted by atomic mass is 9.89. The van der Waals surface area contributed by atoms with Crippen LogP contribution in [0.4, 0.5) is 5.82 Å². The number of hydrogen-bond acceptors (Lipinski definition) is 4. The maximum Gasteiger partial charge on any atom is 0.274 e. The van der Waals surface area contributed by atoms with Crippen molar-refractivity contribution in [1.29, 1.82) is 0 Å². The first kappa shape index (κ1) is 15.0. The van der Waals surface area contributed by atoms with Crippen LogP contribution < -0.4 is 10.9 Å². The van der Waals surface area contributed by atoms with Gasteiger partial charge in [0.05, 0.1) is 5.39 Å². The van der Waals surface area contributed by atoms with Crippen molar-refractivity contribution in [1.82, 2.24) is 14.7 Å². The van der Waals surface area contributed by atoms with Gasteiger partial charge in [0.15, 0.2) is 5.82 Å². The van der Waals surface area contributed by atoms with Gasteiger partial charge in [-0.3, -0.25) is 4.79 Å². The molecule has 22 heavy (non-hydrogen) atoms. The number of aryl methyl sites for hydroxylation is 1. The van der Waals surface area contributed by atoms with Crippen LogP contribution in [0.25, 0.3) is 10.8 Å². The van der Waals surface area contributed by atoms with Crippen LogP contribution in [0, 0.1) is 0 Å². The maximum absolute atomic E-state index is 12.2. The van der Waals surface area contributed by atoms with Crippen LogP contribution >= 0.6 is 0 Å². The van der Waals surface area contributed by atoms with Gasteiger partial charge >= 0.3 is 0 Å². The average Bonchev–Trinajstić information content (AvgIpc) is 2.53. The molecule has 0 bridgehead atoms. The minimum Gasteiger partial charge on any atom is -0.364 e. The molecule has 5 nitrogen and oxygen atoms in total. The molecule has 0 radical (unpaired) electrons. The van der Waals surface area contributed by atoms with Crippen molar-refractivity contribution in [2.45, 2.75) is 37.8 Å². The molecule has 1 aliphatic rings. The lowest BCUT2D eigenvalue weighted by Gasteiger charge is -2.37. The van der Waals surface area contributed by atoms with E-state index >= 15 is 0 Å². The summed E-state index contributed by atoms with van der Waals surface area (Å²) in [6.45, 7) is 0. The Morgan fingerprint density at radius 1 is 1.18 bits per heavy atom. The average molecular weight is 300 g/mol. The monoisotopic (exact) mass is 300 g/mol. The topological polar surface area (TPSA) is 50.2 Å². The van der Waals surface area contributed by atoms with E-state index in [4.69, 9.17) is 0 Å². The van der Waals surface area contributed by atoms with E-state index in [-0.39, 0.29) is 5.56 Å². The number of anilines is 1. The molecule has 5 heteroatoms. The highest BCUT2D eigenvalue weighted by molar-refractivity contribution is 5.90. The van der Waals surface area contributed by atoms with Gasteiger partial charge in [0.2, 0.25) is 0 Å². The zero-order chi connectivity index (χ0) is 15.7. The third-order valence-electron chi connectivity index (χ3n) is 4.67. The summed E-state index contributed by atoms with van der Waals surface area (Å²) in [6, 6.07) is 8.58. The van der Waals surface area contributed by atoms with Crippen molar-refractivity contribution < 1.29 is 0 Å². The Bertz CT molecular complexity index is 722. The van der Waals surface area contributed by atoms with Gasteiger partial charge in [0.25, 0.3) is 5.56 Å². The molecule has 0 amide bonds. The Hall–Kier alpha value is -1.88. The van der Waals surface area contributed by atoms with Gasteiger partial charge in [-0.25, -0.2) is 4.68 Å². The highest BCUT2D eigenvalue weighted by Crippen LogP contribution is 2.26. The predicted molar refractivity (Wildman–Crippen MR) is 90.3 cm³/mol. The van der Waals surface area contributed by atoms with Crippen LogP contribution in [0.3, 0.4) is 0 Å². The summed E-state index contributed by atoms with van der Waals surface area (Å²) in [4.78, 5) is 14.5. The number of aromatic nitrogens is 2. The minimum atomic E-state index is -0.0473. The first-order valence-corrected chi connectivity index (χ1v) is 7.97. The number of fused-ring (bicyclic) bond motifs is 1. The molecule has 1 unspecified atom stereocenters. The highest BCUT2D eigenvalue weighted by Gasteiger charge is 2.27. The van der Waals surface area contributed by atoms with Crippen molar-refractivity contribution in [2.75, 3.05) is 19.4 Å². The summed E-state index contributed by atoms with van der Waals surface area (Å²) in [5, 5.41) is 9.71. The quantitative estimate of drug-likeness (QED) is 0.944. The Morgan fingerprint density at radius 3 is 2.59 bits per heavy atom. The second kappa shape index (κ2) is 6.08. The van der Waals surface area contributed by atoms with E-state index in [1.54, 1.807) is 7.05 Å². The van der Waals surface area contributed by atoms with Crippen LogP contribution in [0.2, 0.25) is 0 Å². The fourth-order valence-corrected chi connectivity index (χ4v) is 3.48. The van der Waals surface area contributed by atoms with Gasteiger partial charge in [0.1, 0.15) is 0 Å². The summed E-state index contributed by atoms with van der Waals surface area (Å²) >= 11 is 0. The van der Waals surface area contributed by atoms with E-state index in [0.717, 1.165) is 23.0 Å². The van der Waals surface area contributed by atoms with Crippen LogP contribution in [-0.4, -0.2) is 40.9 Å². The van der Waals surface area contributed by atoms with Gasteiger partial charge in [-0.1, -0.05) is 31.0 Å². The van der Waals surface area contributed by atoms with Crippen molar-refractivity contribution in [3.8, 4) is 0 Å². The molecule has 1 aromatic carbocycles. The normalized spacial score (nSPS) is 22.2. The summed E-state index contributed by atoms with van der Waals surface area (Å²) < 4.78 is 1.43. The van der Waals surface area contributed by atoms with Crippen LogP contribution in [0.5, 0.6) is 0 Å². The Labute approximate surface area is 130 Å². The summed E-state index contributed by atoms with van der Waals surface area (Å²) in [5.41, 5.74) is -0.0473. The maximum atomic E-state index is 12.2. The number of nitrogens with one attached hydrogen (secondary N) is 1. The van der Waals surface area contributed by atoms with Crippen LogP contribution in [0.1, 0.15) is 25.7 Å². The second-order valence-electron chi connectivity index (χ2n) is 6.39. The number of hydrogen-bond donors (Lipinski definition) is 1. The second-order valence-corrected chi connectivity index (χ2v) is 6.39. The largest absolute Gasteiger partial charge is 0.364 e. The third-order valence-corrected chi connectivity index (χ3v) is 4.67. The molecule has 1 saturated carbocycles. The summed E-state index contributed by atoms with van der Waals surface area (Å²) in [7, 11) is 5.98. The molecule has 2 atom stereocenters. The number of benzene rings is 1. The first-order valence-electron chi connectivity index (χ1n) is 7.97. The van der Waals surface area contributed by atoms with E-state index < -0.39 is 0 Å². The van der Waals surface area contributed by atoms with Crippen molar-refractivity contribution >= 4 is 16.6 Å². The van der Waals surface area contributed by atoms with E-state index in [1.165, 1.54) is 23.9 Å². The van der Waals surface area contributed by atoms with E-state index in [1.807, 2.05) is 24.3 Å². The number of likely N-dealkylation sites (N-methyl/N-ethyl adjacent to an activating group) is 1. The Kier molecular flexibility index (Phi) is 4.16. The highest BCUT2D eigenvalue weighted by atomic mass is 16.1. The van der Waals surface area contributed by atoms with Crippen molar-refractivity contribution in [3.63, 3.8) is 0 Å². The molecule has 1 aromatic heterocycles. The fraction of sp³-hybridized carbons (Fsp3) is 0.529. The fourth-order valence-electron chi connectivity index (χ4n) is 3.48. The number of rotatable bonds is 3. The Balaban J connectivity index is 2.00. The summed E-state index contributed by atoms with van der Waals surface area (Å²) in [5.74, 6) is 0.816. The molecular weight excluding hydrogens is 276 g/mol. The zero-order valence-electron chi connectivity index (χ0n) is 13.5. The molecule has 1 N–H and O–H groups in total. The molecular formula is C17H24N4O. The standard InChI is InChI=1S/C17H24N4O/c1-20(2)15-11-7-6-10-14(15)18-16-12-8-4-5-9-13(12)17(22)21(3)19-16/h4-5,8-9,14-15H,6-7,10-11H2,1-3H3,(H,18,19)/t14-,15?/m1/s1. The van der Waals surface area contributed by atoms with E-state index in [9.17, 15) is 4.79 Å². The van der Waals surface area contributed by atoms with Gasteiger partial charge in [-0.2, -0.15) is 5.10 Å². The minimum absolute atomic E-state index is 0.0473. The van der Waals surface area contributed by atoms with Gasteiger partial charge in [0, 0.05) is 24.5 Å². The van der Waals surface area contributed by atoms with Crippen molar-refractivity contribution in [3.05, 3.63) is 34.6 Å². The van der Waals surface area contributed by atoms with E-state index in [2.05, 4.69) is 29.4 Å². The Morgan fingerprint density at radius 2 is 1.86 bits per heavy atom. The van der Waals surface area contributed by atoms with Gasteiger partial charge < -0.3 is 10.2 Å². The van der Waals surface area contributed by atoms with E-state index in [0.29, 0.717) is 12.1 Å². The predicted octanol–water partition coefficient (Wildman–Crippen LogP) is 2.22. The molecule has 1 aliphatic carbocycles. The van der Waals surface area contributed by atoms with Crippen molar-refractivity contribution in [2.24, 2.45) is 7.05 Å². The van der Waals surface area contributed by atoms with Gasteiger partial charge in [-0.05, 0) is 33.0 Å². The molecule has 0 spiro atoms. The molecule has 1 fully saturated rings. The lowest BCUT2D eigenvalue weighted by Crippen LogP contribution is -2.45.